The fourth-order valence-electron chi connectivity index (χ4n) is 3.54. The van der Waals surface area contributed by atoms with Crippen molar-refractivity contribution in [3.05, 3.63) is 23.3 Å². The molecule has 1 aliphatic heterocycles. The van der Waals surface area contributed by atoms with E-state index in [4.69, 9.17) is 0 Å². The minimum atomic E-state index is 0.381. The Bertz CT molecular complexity index is 444. The maximum Gasteiger partial charge on any atom is 0.0637 e. The highest BCUT2D eigenvalue weighted by atomic mass is 15.2. The lowest BCUT2D eigenvalue weighted by Gasteiger charge is -2.46. The summed E-state index contributed by atoms with van der Waals surface area (Å²) in [5.41, 5.74) is 5.95. The van der Waals surface area contributed by atoms with E-state index in [0.717, 1.165) is 6.54 Å². The smallest absolute Gasteiger partial charge is 0.0637 e. The van der Waals surface area contributed by atoms with E-state index < -0.39 is 0 Å². The van der Waals surface area contributed by atoms with Crippen LogP contribution in [-0.4, -0.2) is 19.1 Å². The molecule has 2 aliphatic rings. The van der Waals surface area contributed by atoms with Gasteiger partial charge in [0.05, 0.1) is 16.9 Å². The summed E-state index contributed by atoms with van der Waals surface area (Å²) in [6.45, 7) is 5.57. The van der Waals surface area contributed by atoms with Crippen molar-refractivity contribution >= 4 is 11.4 Å². The molecule has 0 radical (unpaired) electrons. The number of nitrogens with zero attached hydrogens (tertiary/aromatic N) is 1. The molecule has 17 heavy (non-hydrogen) atoms. The van der Waals surface area contributed by atoms with Crippen LogP contribution in [0.1, 0.15) is 36.8 Å². The largest absolute Gasteiger partial charge is 0.381 e. The first-order chi connectivity index (χ1) is 8.14. The predicted octanol–water partition coefficient (Wildman–Crippen LogP) is 3.48. The molecule has 0 saturated heterocycles. The summed E-state index contributed by atoms with van der Waals surface area (Å²) >= 11 is 0. The summed E-state index contributed by atoms with van der Waals surface area (Å²) in [6, 6.07) is 4.46. The van der Waals surface area contributed by atoms with Crippen molar-refractivity contribution in [3.63, 3.8) is 0 Å². The monoisotopic (exact) mass is 230 g/mol. The Labute approximate surface area is 104 Å². The van der Waals surface area contributed by atoms with Crippen LogP contribution in [0.5, 0.6) is 0 Å². The van der Waals surface area contributed by atoms with Crippen LogP contribution in [0.25, 0.3) is 0 Å². The van der Waals surface area contributed by atoms with Crippen molar-refractivity contribution in [3.8, 4) is 0 Å². The molecule has 0 unspecified atom stereocenters. The first-order valence-electron chi connectivity index (χ1n) is 6.72. The standard InChI is InChI=1S/C15H22N2/c1-11-6-7-13-14(12(11)2)17(3)15(10-16-13)8-4-5-9-15/h6-7,16H,4-5,8-10H2,1-3H3. The molecule has 1 N–H and O–H groups in total. The maximum atomic E-state index is 3.65. The molecule has 3 rings (SSSR count). The number of benzene rings is 1. The fraction of sp³-hybridized carbons (Fsp3) is 0.600. The average molecular weight is 230 g/mol. The van der Waals surface area contributed by atoms with Gasteiger partial charge in [0.15, 0.2) is 0 Å². The first-order valence-corrected chi connectivity index (χ1v) is 6.72. The molecule has 0 bridgehead atoms. The van der Waals surface area contributed by atoms with Crippen molar-refractivity contribution in [2.24, 2.45) is 0 Å². The highest BCUT2D eigenvalue weighted by molar-refractivity contribution is 5.78. The van der Waals surface area contributed by atoms with Gasteiger partial charge >= 0.3 is 0 Å². The van der Waals surface area contributed by atoms with E-state index in [1.807, 2.05) is 0 Å². The Morgan fingerprint density at radius 3 is 2.59 bits per heavy atom. The molecule has 1 aromatic carbocycles. The van der Waals surface area contributed by atoms with Crippen molar-refractivity contribution < 1.29 is 0 Å². The zero-order valence-electron chi connectivity index (χ0n) is 11.1. The van der Waals surface area contributed by atoms with E-state index in [-0.39, 0.29) is 0 Å². The van der Waals surface area contributed by atoms with E-state index in [9.17, 15) is 0 Å². The fourth-order valence-corrected chi connectivity index (χ4v) is 3.54. The maximum absolute atomic E-state index is 3.65. The van der Waals surface area contributed by atoms with Gasteiger partial charge in [-0.2, -0.15) is 0 Å². The Kier molecular flexibility index (Phi) is 2.35. The quantitative estimate of drug-likeness (QED) is 0.734. The van der Waals surface area contributed by atoms with E-state index >= 15 is 0 Å². The van der Waals surface area contributed by atoms with Crippen LogP contribution in [0.3, 0.4) is 0 Å². The van der Waals surface area contributed by atoms with E-state index in [1.54, 1.807) is 0 Å². The molecule has 1 aliphatic carbocycles. The highest BCUT2D eigenvalue weighted by Gasteiger charge is 2.41. The van der Waals surface area contributed by atoms with Crippen LogP contribution < -0.4 is 10.2 Å². The molecular weight excluding hydrogens is 208 g/mol. The van der Waals surface area contributed by atoms with Crippen LogP contribution in [0.4, 0.5) is 11.4 Å². The highest BCUT2D eigenvalue weighted by Crippen LogP contribution is 2.45. The number of hydrogen-bond donors (Lipinski definition) is 1. The second-order valence-corrected chi connectivity index (χ2v) is 5.75. The molecule has 0 aromatic heterocycles. The van der Waals surface area contributed by atoms with Gasteiger partial charge in [-0.15, -0.1) is 0 Å². The van der Waals surface area contributed by atoms with Gasteiger partial charge in [0.25, 0.3) is 0 Å². The molecule has 2 heteroatoms. The van der Waals surface area contributed by atoms with Crippen LogP contribution in [0, 0.1) is 13.8 Å². The molecule has 92 valence electrons. The van der Waals surface area contributed by atoms with Crippen molar-refractivity contribution in [1.29, 1.82) is 0 Å². The summed E-state index contributed by atoms with van der Waals surface area (Å²) in [5.74, 6) is 0. The molecule has 0 atom stereocenters. The van der Waals surface area contributed by atoms with E-state index in [2.05, 4.69) is 43.2 Å². The summed E-state index contributed by atoms with van der Waals surface area (Å²) in [7, 11) is 2.29. The van der Waals surface area contributed by atoms with Crippen LogP contribution in [0.2, 0.25) is 0 Å². The molecule has 1 spiro atoms. The number of anilines is 2. The number of hydrogen-bond acceptors (Lipinski definition) is 2. The summed E-state index contributed by atoms with van der Waals surface area (Å²) in [6.07, 6.45) is 5.44. The van der Waals surface area contributed by atoms with Gasteiger partial charge in [-0.25, -0.2) is 0 Å². The third-order valence-electron chi connectivity index (χ3n) is 4.89. The van der Waals surface area contributed by atoms with Gasteiger partial charge < -0.3 is 10.2 Å². The number of aryl methyl sites for hydroxylation is 1. The normalized spacial score (nSPS) is 21.5. The summed E-state index contributed by atoms with van der Waals surface area (Å²) in [5, 5.41) is 3.65. The van der Waals surface area contributed by atoms with Gasteiger partial charge in [-0.1, -0.05) is 18.9 Å². The van der Waals surface area contributed by atoms with Gasteiger partial charge in [-0.05, 0) is 43.9 Å². The second kappa shape index (κ2) is 3.66. The third-order valence-corrected chi connectivity index (χ3v) is 4.89. The van der Waals surface area contributed by atoms with Crippen molar-refractivity contribution in [2.75, 3.05) is 23.8 Å². The van der Waals surface area contributed by atoms with E-state index in [0.29, 0.717) is 5.54 Å². The molecular formula is C15H22N2. The minimum Gasteiger partial charge on any atom is -0.381 e. The van der Waals surface area contributed by atoms with Gasteiger partial charge in [0, 0.05) is 13.6 Å². The molecule has 0 amide bonds. The zero-order valence-corrected chi connectivity index (χ0v) is 11.1. The van der Waals surface area contributed by atoms with Crippen molar-refractivity contribution in [1.82, 2.24) is 0 Å². The van der Waals surface area contributed by atoms with Gasteiger partial charge in [0.2, 0.25) is 0 Å². The summed E-state index contributed by atoms with van der Waals surface area (Å²) in [4.78, 5) is 2.56. The topological polar surface area (TPSA) is 15.3 Å². The van der Waals surface area contributed by atoms with Crippen molar-refractivity contribution in [2.45, 2.75) is 45.1 Å². The van der Waals surface area contributed by atoms with Crippen LogP contribution in [0.15, 0.2) is 12.1 Å². The Morgan fingerprint density at radius 2 is 1.88 bits per heavy atom. The minimum absolute atomic E-state index is 0.381. The van der Waals surface area contributed by atoms with Gasteiger partial charge in [0.1, 0.15) is 0 Å². The SMILES string of the molecule is Cc1ccc2c(c1C)N(C)C1(CCCC1)CN2. The summed E-state index contributed by atoms with van der Waals surface area (Å²) < 4.78 is 0. The number of fused-ring (bicyclic) bond motifs is 1. The Hall–Kier alpha value is -1.18. The average Bonchev–Trinajstić information content (AvgIpc) is 2.78. The zero-order chi connectivity index (χ0) is 12.0. The van der Waals surface area contributed by atoms with Crippen LogP contribution >= 0.6 is 0 Å². The Balaban J connectivity index is 2.10. The molecule has 1 fully saturated rings. The number of nitrogens with one attached hydrogen (secondary N) is 1. The number of likely N-dealkylation sites (N-methyl/N-ethyl adjacent to an activating group) is 1. The molecule has 1 saturated carbocycles. The second-order valence-electron chi connectivity index (χ2n) is 5.75. The molecule has 1 heterocycles. The van der Waals surface area contributed by atoms with E-state index in [1.165, 1.54) is 48.2 Å². The lowest BCUT2D eigenvalue weighted by atomic mass is 9.90. The van der Waals surface area contributed by atoms with Gasteiger partial charge in [-0.3, -0.25) is 0 Å². The molecule has 2 nitrogen and oxygen atoms in total. The lowest BCUT2D eigenvalue weighted by molar-refractivity contribution is 0.428. The molecule has 1 aromatic rings. The lowest BCUT2D eigenvalue weighted by Crippen LogP contribution is -2.53. The first kappa shape index (κ1) is 10.9. The van der Waals surface area contributed by atoms with Crippen LogP contribution in [-0.2, 0) is 0 Å². The third kappa shape index (κ3) is 1.46. The Morgan fingerprint density at radius 1 is 1.18 bits per heavy atom. The predicted molar refractivity (Wildman–Crippen MR) is 74.0 cm³/mol. The number of rotatable bonds is 0.